The fourth-order valence-electron chi connectivity index (χ4n) is 1.38. The van der Waals surface area contributed by atoms with Crippen molar-refractivity contribution in [1.29, 1.82) is 0 Å². The highest BCUT2D eigenvalue weighted by Gasteiger charge is 2.04. The Balaban J connectivity index is 2.80. The lowest BCUT2D eigenvalue weighted by atomic mass is 10.1. The number of hydrogen-bond acceptors (Lipinski definition) is 2. The molecule has 2 heteroatoms. The minimum absolute atomic E-state index is 0.733. The first kappa shape index (κ1) is 7.74. The highest BCUT2D eigenvalue weighted by atomic mass is 32.1. The molecule has 0 fully saturated rings. The molecule has 1 aromatic carbocycles. The average Bonchev–Trinajstić information content (AvgIpc) is 2.49. The standard InChI is InChI=1S/C10H10OS/c1-7-3-2-4-9-8(6-12)5-11-10(7)9/h2-5,12H,6H2,1H3. The van der Waals surface area contributed by atoms with Gasteiger partial charge >= 0.3 is 0 Å². The van der Waals surface area contributed by atoms with Crippen LogP contribution in [0.3, 0.4) is 0 Å². The molecule has 2 rings (SSSR count). The molecule has 0 N–H and O–H groups in total. The molecular formula is C10H10OS. The molecule has 2 aromatic rings. The highest BCUT2D eigenvalue weighted by Crippen LogP contribution is 2.24. The highest BCUT2D eigenvalue weighted by molar-refractivity contribution is 7.79. The van der Waals surface area contributed by atoms with Crippen LogP contribution in [0.15, 0.2) is 28.9 Å². The van der Waals surface area contributed by atoms with Gasteiger partial charge in [-0.05, 0) is 12.5 Å². The first-order valence-corrected chi connectivity index (χ1v) is 4.52. The largest absolute Gasteiger partial charge is 0.464 e. The molecule has 0 unspecified atom stereocenters. The zero-order chi connectivity index (χ0) is 8.55. The Morgan fingerprint density at radius 1 is 1.42 bits per heavy atom. The summed E-state index contributed by atoms with van der Waals surface area (Å²) in [5.74, 6) is 0.733. The van der Waals surface area contributed by atoms with Crippen molar-refractivity contribution in [2.75, 3.05) is 0 Å². The molecule has 0 atom stereocenters. The van der Waals surface area contributed by atoms with E-state index in [9.17, 15) is 0 Å². The summed E-state index contributed by atoms with van der Waals surface area (Å²) in [5.41, 5.74) is 3.33. The summed E-state index contributed by atoms with van der Waals surface area (Å²) >= 11 is 4.23. The first-order chi connectivity index (χ1) is 5.83. The Labute approximate surface area is 76.8 Å². The molecule has 0 bridgehead atoms. The monoisotopic (exact) mass is 178 g/mol. The van der Waals surface area contributed by atoms with Gasteiger partial charge in [0.2, 0.25) is 0 Å². The predicted octanol–water partition coefficient (Wildman–Crippen LogP) is 3.17. The van der Waals surface area contributed by atoms with E-state index in [0.717, 1.165) is 16.9 Å². The van der Waals surface area contributed by atoms with Crippen LogP contribution in [-0.2, 0) is 5.75 Å². The van der Waals surface area contributed by atoms with Gasteiger partial charge in [0.1, 0.15) is 5.58 Å². The van der Waals surface area contributed by atoms with Crippen molar-refractivity contribution in [2.45, 2.75) is 12.7 Å². The fraction of sp³-hybridized carbons (Fsp3) is 0.200. The summed E-state index contributed by atoms with van der Waals surface area (Å²) in [6.07, 6.45) is 1.78. The van der Waals surface area contributed by atoms with Gasteiger partial charge < -0.3 is 4.42 Å². The van der Waals surface area contributed by atoms with Crippen molar-refractivity contribution in [3.05, 3.63) is 35.6 Å². The van der Waals surface area contributed by atoms with Crippen LogP contribution < -0.4 is 0 Å². The molecule has 1 aromatic heterocycles. The summed E-state index contributed by atoms with van der Waals surface area (Å²) in [7, 11) is 0. The average molecular weight is 178 g/mol. The van der Waals surface area contributed by atoms with Crippen LogP contribution >= 0.6 is 12.6 Å². The van der Waals surface area contributed by atoms with Gasteiger partial charge in [0.05, 0.1) is 6.26 Å². The van der Waals surface area contributed by atoms with E-state index in [1.807, 2.05) is 19.1 Å². The molecule has 12 heavy (non-hydrogen) atoms. The molecular weight excluding hydrogens is 168 g/mol. The number of thiol groups is 1. The quantitative estimate of drug-likeness (QED) is 0.662. The second-order valence-electron chi connectivity index (χ2n) is 2.87. The lowest BCUT2D eigenvalue weighted by Crippen LogP contribution is -1.74. The van der Waals surface area contributed by atoms with Crippen molar-refractivity contribution in [3.8, 4) is 0 Å². The third-order valence-corrected chi connectivity index (χ3v) is 2.39. The molecule has 62 valence electrons. The van der Waals surface area contributed by atoms with Gasteiger partial charge in [0.15, 0.2) is 0 Å². The van der Waals surface area contributed by atoms with Crippen LogP contribution in [0.2, 0.25) is 0 Å². The van der Waals surface area contributed by atoms with Gasteiger partial charge in [0, 0.05) is 16.7 Å². The molecule has 0 saturated heterocycles. The van der Waals surface area contributed by atoms with Gasteiger partial charge in [-0.2, -0.15) is 12.6 Å². The second kappa shape index (κ2) is 2.87. The minimum Gasteiger partial charge on any atom is -0.464 e. The summed E-state index contributed by atoms with van der Waals surface area (Å²) < 4.78 is 5.42. The Morgan fingerprint density at radius 3 is 3.00 bits per heavy atom. The van der Waals surface area contributed by atoms with E-state index >= 15 is 0 Å². The number of benzene rings is 1. The summed E-state index contributed by atoms with van der Waals surface area (Å²) in [4.78, 5) is 0. The van der Waals surface area contributed by atoms with Crippen molar-refractivity contribution in [2.24, 2.45) is 0 Å². The topological polar surface area (TPSA) is 13.1 Å². The lowest BCUT2D eigenvalue weighted by Gasteiger charge is -1.93. The molecule has 1 nitrogen and oxygen atoms in total. The van der Waals surface area contributed by atoms with Crippen LogP contribution in [0.5, 0.6) is 0 Å². The van der Waals surface area contributed by atoms with Gasteiger partial charge in [-0.1, -0.05) is 18.2 Å². The maximum Gasteiger partial charge on any atom is 0.137 e. The van der Waals surface area contributed by atoms with Gasteiger partial charge in [-0.25, -0.2) is 0 Å². The molecule has 1 heterocycles. The zero-order valence-electron chi connectivity index (χ0n) is 6.87. The van der Waals surface area contributed by atoms with E-state index in [1.54, 1.807) is 6.26 Å². The number of aryl methyl sites for hydroxylation is 1. The summed E-state index contributed by atoms with van der Waals surface area (Å²) in [6, 6.07) is 6.16. The Hall–Kier alpha value is -0.890. The molecule has 0 spiro atoms. The van der Waals surface area contributed by atoms with Crippen molar-refractivity contribution in [3.63, 3.8) is 0 Å². The molecule has 0 aliphatic heterocycles. The van der Waals surface area contributed by atoms with Crippen molar-refractivity contribution in [1.82, 2.24) is 0 Å². The van der Waals surface area contributed by atoms with E-state index in [0.29, 0.717) is 0 Å². The maximum atomic E-state index is 5.42. The normalized spacial score (nSPS) is 10.8. The zero-order valence-corrected chi connectivity index (χ0v) is 7.77. The van der Waals surface area contributed by atoms with Crippen molar-refractivity contribution < 1.29 is 4.42 Å². The van der Waals surface area contributed by atoms with Gasteiger partial charge in [-0.15, -0.1) is 0 Å². The first-order valence-electron chi connectivity index (χ1n) is 3.89. The summed E-state index contributed by atoms with van der Waals surface area (Å²) in [6.45, 7) is 2.05. The number of para-hydroxylation sites is 1. The lowest BCUT2D eigenvalue weighted by molar-refractivity contribution is 0.610. The van der Waals surface area contributed by atoms with E-state index in [4.69, 9.17) is 4.42 Å². The maximum absolute atomic E-state index is 5.42. The molecule has 0 saturated carbocycles. The van der Waals surface area contributed by atoms with E-state index in [-0.39, 0.29) is 0 Å². The predicted molar refractivity (Wildman–Crippen MR) is 53.6 cm³/mol. The SMILES string of the molecule is Cc1cccc2c(CS)coc12. The van der Waals surface area contributed by atoms with E-state index in [2.05, 4.69) is 18.7 Å². The number of fused-ring (bicyclic) bond motifs is 1. The molecule has 0 aliphatic rings. The van der Waals surface area contributed by atoms with Gasteiger partial charge in [0.25, 0.3) is 0 Å². The fourth-order valence-corrected chi connectivity index (χ4v) is 1.62. The number of rotatable bonds is 1. The molecule has 0 aliphatic carbocycles. The van der Waals surface area contributed by atoms with E-state index in [1.165, 1.54) is 10.9 Å². The smallest absolute Gasteiger partial charge is 0.137 e. The second-order valence-corrected chi connectivity index (χ2v) is 3.19. The molecule has 0 radical (unpaired) electrons. The van der Waals surface area contributed by atoms with Gasteiger partial charge in [-0.3, -0.25) is 0 Å². The van der Waals surface area contributed by atoms with Crippen LogP contribution in [-0.4, -0.2) is 0 Å². The van der Waals surface area contributed by atoms with Crippen LogP contribution in [0.4, 0.5) is 0 Å². The summed E-state index contributed by atoms with van der Waals surface area (Å²) in [5, 5.41) is 1.19. The Bertz CT molecular complexity index is 403. The van der Waals surface area contributed by atoms with Crippen LogP contribution in [0, 0.1) is 6.92 Å². The van der Waals surface area contributed by atoms with E-state index < -0.39 is 0 Å². The minimum atomic E-state index is 0.733. The van der Waals surface area contributed by atoms with Crippen LogP contribution in [0.25, 0.3) is 11.0 Å². The number of hydrogen-bond donors (Lipinski definition) is 1. The Kier molecular flexibility index (Phi) is 1.85. The number of furan rings is 1. The Morgan fingerprint density at radius 2 is 2.25 bits per heavy atom. The van der Waals surface area contributed by atoms with Crippen LogP contribution in [0.1, 0.15) is 11.1 Å². The van der Waals surface area contributed by atoms with Crippen molar-refractivity contribution >= 4 is 23.6 Å². The third-order valence-electron chi connectivity index (χ3n) is 2.05. The molecule has 0 amide bonds. The third kappa shape index (κ3) is 1.03.